The minimum Gasteiger partial charge on any atom is -0.356 e. The van der Waals surface area contributed by atoms with Gasteiger partial charge in [0.15, 0.2) is 5.78 Å². The zero-order valence-electron chi connectivity index (χ0n) is 23.7. The fourth-order valence-corrected chi connectivity index (χ4v) is 3.59. The Labute approximate surface area is 217 Å². The van der Waals surface area contributed by atoms with Gasteiger partial charge in [-0.3, -0.25) is 19.2 Å². The molecule has 0 radical (unpaired) electrons. The standard InChI is InChI=1S/C27H50N4O5/c1-18(2)23(31-22(34)13-14-26(3,4)5)20(32)17-19(11-9-16-30-25(28)36)24(35)29-15-10-12-21(33)27(6,7)8/h18-19,23H,9-17H2,1-8H3,(H,29,35)(H,31,34)(H3,28,30,36)/t19-,23+/m1/s1. The van der Waals surface area contributed by atoms with Gasteiger partial charge < -0.3 is 21.7 Å². The Hall–Kier alpha value is -2.45. The number of ketones is 2. The van der Waals surface area contributed by atoms with Crippen molar-refractivity contribution in [2.45, 2.75) is 106 Å². The number of primary amides is 1. The first-order valence-electron chi connectivity index (χ1n) is 13.1. The van der Waals surface area contributed by atoms with Crippen molar-refractivity contribution in [3.8, 4) is 0 Å². The van der Waals surface area contributed by atoms with Gasteiger partial charge >= 0.3 is 6.03 Å². The predicted octanol–water partition coefficient (Wildman–Crippen LogP) is 3.49. The number of nitrogens with one attached hydrogen (secondary N) is 3. The van der Waals surface area contributed by atoms with Crippen LogP contribution in [-0.4, -0.2) is 48.5 Å². The molecule has 0 aliphatic carbocycles. The first-order valence-corrected chi connectivity index (χ1v) is 13.1. The molecule has 0 rings (SSSR count). The van der Waals surface area contributed by atoms with E-state index < -0.39 is 23.4 Å². The number of nitrogens with two attached hydrogens (primary N) is 1. The largest absolute Gasteiger partial charge is 0.356 e. The summed E-state index contributed by atoms with van der Waals surface area (Å²) in [6.07, 6.45) is 2.74. The third kappa shape index (κ3) is 15.5. The molecule has 4 amide bonds. The number of carbonyl (C=O) groups excluding carboxylic acids is 5. The van der Waals surface area contributed by atoms with Crippen LogP contribution in [0.5, 0.6) is 0 Å². The predicted molar refractivity (Wildman–Crippen MR) is 142 cm³/mol. The van der Waals surface area contributed by atoms with Crippen molar-refractivity contribution in [1.29, 1.82) is 0 Å². The molecular formula is C27H50N4O5. The van der Waals surface area contributed by atoms with E-state index in [0.29, 0.717) is 51.6 Å². The Morgan fingerprint density at radius 1 is 0.833 bits per heavy atom. The van der Waals surface area contributed by atoms with E-state index in [0.717, 1.165) is 0 Å². The summed E-state index contributed by atoms with van der Waals surface area (Å²) in [6, 6.07) is -1.32. The van der Waals surface area contributed by atoms with Crippen molar-refractivity contribution < 1.29 is 24.0 Å². The van der Waals surface area contributed by atoms with Crippen molar-refractivity contribution in [2.75, 3.05) is 13.1 Å². The summed E-state index contributed by atoms with van der Waals surface area (Å²) in [5.74, 6) is -1.25. The molecule has 0 heterocycles. The summed E-state index contributed by atoms with van der Waals surface area (Å²) < 4.78 is 0. The number of amides is 4. The molecule has 0 saturated heterocycles. The van der Waals surface area contributed by atoms with Crippen LogP contribution in [0.15, 0.2) is 0 Å². The third-order valence-electron chi connectivity index (χ3n) is 6.00. The highest BCUT2D eigenvalue weighted by Crippen LogP contribution is 2.21. The van der Waals surface area contributed by atoms with Gasteiger partial charge in [-0.15, -0.1) is 0 Å². The summed E-state index contributed by atoms with van der Waals surface area (Å²) in [4.78, 5) is 61.6. The Morgan fingerprint density at radius 2 is 1.42 bits per heavy atom. The van der Waals surface area contributed by atoms with Crippen LogP contribution in [0.2, 0.25) is 0 Å². The van der Waals surface area contributed by atoms with Crippen LogP contribution in [0.25, 0.3) is 0 Å². The highest BCUT2D eigenvalue weighted by atomic mass is 16.2. The molecule has 0 aliphatic rings. The van der Waals surface area contributed by atoms with E-state index in [2.05, 4.69) is 36.7 Å². The lowest BCUT2D eigenvalue weighted by Gasteiger charge is -2.25. The fourth-order valence-electron chi connectivity index (χ4n) is 3.59. The summed E-state index contributed by atoms with van der Waals surface area (Å²) in [5, 5.41) is 8.20. The summed E-state index contributed by atoms with van der Waals surface area (Å²) in [6.45, 7) is 16.1. The van der Waals surface area contributed by atoms with E-state index in [1.54, 1.807) is 0 Å². The molecule has 0 aromatic heterocycles. The highest BCUT2D eigenvalue weighted by molar-refractivity contribution is 5.92. The number of rotatable bonds is 16. The van der Waals surface area contributed by atoms with Gasteiger partial charge in [0.25, 0.3) is 0 Å². The minimum absolute atomic E-state index is 0.00824. The molecule has 0 bridgehead atoms. The number of hydrogen-bond acceptors (Lipinski definition) is 5. The summed E-state index contributed by atoms with van der Waals surface area (Å²) in [5.41, 5.74) is 4.69. The molecular weight excluding hydrogens is 460 g/mol. The maximum absolute atomic E-state index is 13.2. The van der Waals surface area contributed by atoms with Crippen molar-refractivity contribution in [1.82, 2.24) is 16.0 Å². The van der Waals surface area contributed by atoms with Gasteiger partial charge in [-0.25, -0.2) is 4.79 Å². The average molecular weight is 511 g/mol. The molecule has 2 atom stereocenters. The van der Waals surface area contributed by atoms with E-state index in [-0.39, 0.29) is 41.1 Å². The number of hydrogen-bond donors (Lipinski definition) is 4. The van der Waals surface area contributed by atoms with Crippen molar-refractivity contribution >= 4 is 29.4 Å². The average Bonchev–Trinajstić information content (AvgIpc) is 2.73. The topological polar surface area (TPSA) is 147 Å². The normalized spacial score (nSPS) is 13.6. The molecule has 5 N–H and O–H groups in total. The van der Waals surface area contributed by atoms with Gasteiger partial charge in [0.1, 0.15) is 5.78 Å². The SMILES string of the molecule is CC(C)[C@H](NC(=O)CCC(C)(C)C)C(=O)C[C@@H](CCCNC(N)=O)C(=O)NCCCC(=O)C(C)(C)C. The Balaban J connectivity index is 5.14. The quantitative estimate of drug-likeness (QED) is 0.235. The molecule has 208 valence electrons. The Kier molecular flexibility index (Phi) is 14.6. The first kappa shape index (κ1) is 33.5. The lowest BCUT2D eigenvalue weighted by Crippen LogP contribution is -2.46. The van der Waals surface area contributed by atoms with Crippen molar-refractivity contribution in [2.24, 2.45) is 28.4 Å². The molecule has 9 nitrogen and oxygen atoms in total. The lowest BCUT2D eigenvalue weighted by atomic mass is 9.88. The second kappa shape index (κ2) is 15.6. The van der Waals surface area contributed by atoms with Crippen LogP contribution in [0.1, 0.15) is 100 Å². The lowest BCUT2D eigenvalue weighted by molar-refractivity contribution is -0.133. The van der Waals surface area contributed by atoms with Crippen molar-refractivity contribution in [3.63, 3.8) is 0 Å². The van der Waals surface area contributed by atoms with Gasteiger partial charge in [-0.1, -0.05) is 55.4 Å². The smallest absolute Gasteiger partial charge is 0.312 e. The third-order valence-corrected chi connectivity index (χ3v) is 6.00. The van der Waals surface area contributed by atoms with E-state index in [1.165, 1.54) is 0 Å². The first-order chi connectivity index (χ1) is 16.4. The Bertz CT molecular complexity index is 750. The van der Waals surface area contributed by atoms with Crippen LogP contribution < -0.4 is 21.7 Å². The summed E-state index contributed by atoms with van der Waals surface area (Å²) in [7, 11) is 0. The van der Waals surface area contributed by atoms with E-state index in [9.17, 15) is 24.0 Å². The molecule has 0 aliphatic heterocycles. The maximum Gasteiger partial charge on any atom is 0.312 e. The zero-order chi connectivity index (χ0) is 28.1. The van der Waals surface area contributed by atoms with Crippen molar-refractivity contribution in [3.05, 3.63) is 0 Å². The molecule has 0 aromatic carbocycles. The number of urea groups is 1. The number of Topliss-reactive ketones (excluding diaryl/α,β-unsaturated/α-hetero) is 2. The molecule has 0 unspecified atom stereocenters. The molecule has 0 aromatic rings. The van der Waals surface area contributed by atoms with Gasteiger partial charge in [-0.05, 0) is 37.0 Å². The second-order valence-corrected chi connectivity index (χ2v) is 12.2. The van der Waals surface area contributed by atoms with Gasteiger partial charge in [0.2, 0.25) is 11.8 Å². The molecule has 0 fully saturated rings. The monoisotopic (exact) mass is 510 g/mol. The molecule has 0 spiro atoms. The van der Waals surface area contributed by atoms with Crippen LogP contribution in [0.4, 0.5) is 4.79 Å². The zero-order valence-corrected chi connectivity index (χ0v) is 23.7. The second-order valence-electron chi connectivity index (χ2n) is 12.2. The van der Waals surface area contributed by atoms with Gasteiger partial charge in [0, 0.05) is 43.7 Å². The Morgan fingerprint density at radius 3 is 1.92 bits per heavy atom. The highest BCUT2D eigenvalue weighted by Gasteiger charge is 2.29. The van der Waals surface area contributed by atoms with Gasteiger partial charge in [-0.2, -0.15) is 0 Å². The number of carbonyl (C=O) groups is 5. The fraction of sp³-hybridized carbons (Fsp3) is 0.815. The van der Waals surface area contributed by atoms with E-state index in [4.69, 9.17) is 5.73 Å². The van der Waals surface area contributed by atoms with Crippen LogP contribution in [0.3, 0.4) is 0 Å². The summed E-state index contributed by atoms with van der Waals surface area (Å²) >= 11 is 0. The molecule has 9 heteroatoms. The van der Waals surface area contributed by atoms with Gasteiger partial charge in [0.05, 0.1) is 6.04 Å². The van der Waals surface area contributed by atoms with Crippen LogP contribution >= 0.6 is 0 Å². The minimum atomic E-state index is -0.680. The molecule has 36 heavy (non-hydrogen) atoms. The molecule has 0 saturated carbocycles. The maximum atomic E-state index is 13.2. The van der Waals surface area contributed by atoms with Crippen LogP contribution in [-0.2, 0) is 19.2 Å². The van der Waals surface area contributed by atoms with E-state index >= 15 is 0 Å². The van der Waals surface area contributed by atoms with Crippen LogP contribution in [0, 0.1) is 22.7 Å². The van der Waals surface area contributed by atoms with E-state index in [1.807, 2.05) is 34.6 Å².